The van der Waals surface area contributed by atoms with Crippen molar-refractivity contribution in [3.8, 4) is 5.75 Å². The average molecular weight is 412 g/mol. The van der Waals surface area contributed by atoms with Gasteiger partial charge in [-0.15, -0.1) is 0 Å². The predicted molar refractivity (Wildman–Crippen MR) is 124 cm³/mol. The zero-order chi connectivity index (χ0) is 22.0. The molecule has 156 valence electrons. The molecule has 0 fully saturated rings. The van der Waals surface area contributed by atoms with Gasteiger partial charge in [0.1, 0.15) is 5.75 Å². The predicted octanol–water partition coefficient (Wildman–Crippen LogP) is 5.00. The van der Waals surface area contributed by atoms with Gasteiger partial charge in [-0.1, -0.05) is 24.3 Å². The Morgan fingerprint density at radius 2 is 1.68 bits per heavy atom. The van der Waals surface area contributed by atoms with Crippen LogP contribution < -0.4 is 15.2 Å². The lowest BCUT2D eigenvalue weighted by molar-refractivity contribution is 0.0985. The summed E-state index contributed by atoms with van der Waals surface area (Å²) in [6.45, 7) is 4.20. The van der Waals surface area contributed by atoms with E-state index in [-0.39, 0.29) is 18.0 Å². The number of anilines is 1. The largest absolute Gasteiger partial charge is 0.497 e. The summed E-state index contributed by atoms with van der Waals surface area (Å²) in [4.78, 5) is 30.8. The molecule has 0 atom stereocenters. The van der Waals surface area contributed by atoms with Gasteiger partial charge in [0, 0.05) is 22.3 Å². The number of nitrogens with zero attached hydrogens (tertiary/aromatic N) is 1. The average Bonchev–Trinajstić information content (AvgIpc) is 2.79. The summed E-state index contributed by atoms with van der Waals surface area (Å²) in [5, 5.41) is 0.925. The number of aryl methyl sites for hydroxylation is 2. The number of hydrogen-bond donors (Lipinski definition) is 1. The van der Waals surface area contributed by atoms with Gasteiger partial charge in [0.2, 0.25) is 0 Å². The maximum Gasteiger partial charge on any atom is 0.258 e. The Labute approximate surface area is 180 Å². The van der Waals surface area contributed by atoms with Crippen molar-refractivity contribution in [3.05, 3.63) is 105 Å². The Hall–Kier alpha value is -3.86. The Bertz CT molecular complexity index is 1310. The van der Waals surface area contributed by atoms with Crippen molar-refractivity contribution >= 4 is 22.5 Å². The first-order valence-electron chi connectivity index (χ1n) is 10.1. The highest BCUT2D eigenvalue weighted by Gasteiger charge is 2.20. The van der Waals surface area contributed by atoms with E-state index in [1.807, 2.05) is 62.4 Å². The molecule has 0 bridgehead atoms. The van der Waals surface area contributed by atoms with Crippen LogP contribution >= 0.6 is 0 Å². The summed E-state index contributed by atoms with van der Waals surface area (Å²) in [6, 6.07) is 22.3. The van der Waals surface area contributed by atoms with Gasteiger partial charge in [-0.2, -0.15) is 0 Å². The topological polar surface area (TPSA) is 62.4 Å². The Morgan fingerprint density at radius 1 is 0.935 bits per heavy atom. The number of aromatic amines is 1. The first-order chi connectivity index (χ1) is 15.0. The number of amides is 1. The van der Waals surface area contributed by atoms with E-state index in [4.69, 9.17) is 4.74 Å². The van der Waals surface area contributed by atoms with Crippen LogP contribution in [-0.2, 0) is 6.54 Å². The van der Waals surface area contributed by atoms with Gasteiger partial charge in [0.25, 0.3) is 11.5 Å². The molecule has 5 nitrogen and oxygen atoms in total. The molecule has 3 aromatic carbocycles. The number of aromatic nitrogens is 1. The molecule has 4 aromatic rings. The van der Waals surface area contributed by atoms with Crippen molar-refractivity contribution in [3.63, 3.8) is 0 Å². The third kappa shape index (κ3) is 4.21. The smallest absolute Gasteiger partial charge is 0.258 e. The number of hydrogen-bond acceptors (Lipinski definition) is 3. The fourth-order valence-electron chi connectivity index (χ4n) is 3.54. The van der Waals surface area contributed by atoms with Gasteiger partial charge in [0.15, 0.2) is 0 Å². The van der Waals surface area contributed by atoms with Crippen molar-refractivity contribution in [1.82, 2.24) is 4.98 Å². The summed E-state index contributed by atoms with van der Waals surface area (Å²) in [6.07, 6.45) is 0. The van der Waals surface area contributed by atoms with Crippen LogP contribution in [0.4, 0.5) is 5.69 Å². The summed E-state index contributed by atoms with van der Waals surface area (Å²) < 4.78 is 5.20. The highest BCUT2D eigenvalue weighted by atomic mass is 16.5. The van der Waals surface area contributed by atoms with Crippen LogP contribution in [0.3, 0.4) is 0 Å². The van der Waals surface area contributed by atoms with Gasteiger partial charge >= 0.3 is 0 Å². The third-order valence-corrected chi connectivity index (χ3v) is 5.54. The van der Waals surface area contributed by atoms with Gasteiger partial charge < -0.3 is 14.6 Å². The molecule has 0 aliphatic heterocycles. The molecule has 0 spiro atoms. The number of carbonyl (C=O) groups is 1. The van der Waals surface area contributed by atoms with Crippen LogP contribution in [0.1, 0.15) is 27.0 Å². The number of benzene rings is 3. The molecule has 0 saturated carbocycles. The molecule has 0 aliphatic rings. The molecule has 0 unspecified atom stereocenters. The number of rotatable bonds is 5. The molecular formula is C26H24N2O3. The number of fused-ring (bicyclic) bond motifs is 1. The highest BCUT2D eigenvalue weighted by molar-refractivity contribution is 6.06. The normalized spacial score (nSPS) is 10.8. The van der Waals surface area contributed by atoms with Crippen LogP contribution in [0, 0.1) is 13.8 Å². The first-order valence-corrected chi connectivity index (χ1v) is 10.1. The number of para-hydroxylation sites is 1. The van der Waals surface area contributed by atoms with Crippen molar-refractivity contribution in [2.75, 3.05) is 12.0 Å². The molecule has 0 aliphatic carbocycles. The van der Waals surface area contributed by atoms with E-state index in [1.54, 1.807) is 36.3 Å². The van der Waals surface area contributed by atoms with Gasteiger partial charge in [-0.05, 0) is 78.9 Å². The van der Waals surface area contributed by atoms with Gasteiger partial charge in [-0.25, -0.2) is 0 Å². The zero-order valence-electron chi connectivity index (χ0n) is 17.8. The van der Waals surface area contributed by atoms with E-state index in [0.29, 0.717) is 16.9 Å². The molecule has 1 amide bonds. The molecule has 1 heterocycles. The number of methoxy groups -OCH3 is 1. The van der Waals surface area contributed by atoms with E-state index >= 15 is 0 Å². The molecule has 4 rings (SSSR count). The summed E-state index contributed by atoms with van der Waals surface area (Å²) >= 11 is 0. The summed E-state index contributed by atoms with van der Waals surface area (Å²) in [7, 11) is 1.59. The second-order valence-corrected chi connectivity index (χ2v) is 7.60. The maximum atomic E-state index is 13.5. The van der Waals surface area contributed by atoms with Crippen LogP contribution in [0.25, 0.3) is 10.9 Å². The monoisotopic (exact) mass is 412 g/mol. The van der Waals surface area contributed by atoms with E-state index in [0.717, 1.165) is 27.7 Å². The first kappa shape index (κ1) is 20.4. The SMILES string of the molecule is COc1ccc(C(=O)N(Cc2cc3ccccc3[nH]c2=O)c2ccc(C)c(C)c2)cc1. The molecule has 0 saturated heterocycles. The lowest BCUT2D eigenvalue weighted by atomic mass is 10.1. The van der Waals surface area contributed by atoms with Crippen molar-refractivity contribution in [2.45, 2.75) is 20.4 Å². The number of nitrogens with one attached hydrogen (secondary N) is 1. The molecule has 31 heavy (non-hydrogen) atoms. The number of H-pyrrole nitrogens is 1. The van der Waals surface area contributed by atoms with E-state index < -0.39 is 0 Å². The molecular weight excluding hydrogens is 388 g/mol. The minimum absolute atomic E-state index is 0.160. The summed E-state index contributed by atoms with van der Waals surface area (Å²) in [5.41, 5.74) is 4.60. The second-order valence-electron chi connectivity index (χ2n) is 7.60. The third-order valence-electron chi connectivity index (χ3n) is 5.54. The van der Waals surface area contributed by atoms with E-state index in [2.05, 4.69) is 4.98 Å². The molecule has 1 N–H and O–H groups in total. The Kier molecular flexibility index (Phi) is 5.58. The van der Waals surface area contributed by atoms with Crippen LogP contribution in [0.5, 0.6) is 5.75 Å². The quantitative estimate of drug-likeness (QED) is 0.502. The fraction of sp³-hybridized carbons (Fsp3) is 0.154. The minimum Gasteiger partial charge on any atom is -0.497 e. The number of carbonyl (C=O) groups excluding carboxylic acids is 1. The van der Waals surface area contributed by atoms with Crippen LogP contribution in [0.15, 0.2) is 77.6 Å². The van der Waals surface area contributed by atoms with E-state index in [9.17, 15) is 9.59 Å². The fourth-order valence-corrected chi connectivity index (χ4v) is 3.54. The highest BCUT2D eigenvalue weighted by Crippen LogP contribution is 2.24. The zero-order valence-corrected chi connectivity index (χ0v) is 17.8. The van der Waals surface area contributed by atoms with Crippen LogP contribution in [-0.4, -0.2) is 18.0 Å². The van der Waals surface area contributed by atoms with Gasteiger partial charge in [0.05, 0.1) is 13.7 Å². The summed E-state index contributed by atoms with van der Waals surface area (Å²) in [5.74, 6) is 0.499. The number of ether oxygens (including phenoxy) is 1. The standard InChI is InChI=1S/C26H24N2O3/c1-17-8-11-22(14-18(17)2)28(26(30)19-9-12-23(31-3)13-10-19)16-21-15-20-6-4-5-7-24(20)27-25(21)29/h4-15H,16H2,1-3H3,(H,27,29). The number of pyridine rings is 1. The molecule has 1 aromatic heterocycles. The Balaban J connectivity index is 1.78. The van der Waals surface area contributed by atoms with Crippen molar-refractivity contribution < 1.29 is 9.53 Å². The van der Waals surface area contributed by atoms with Crippen LogP contribution in [0.2, 0.25) is 0 Å². The molecule has 0 radical (unpaired) electrons. The molecule has 5 heteroatoms. The maximum absolute atomic E-state index is 13.5. The van der Waals surface area contributed by atoms with Crippen molar-refractivity contribution in [2.24, 2.45) is 0 Å². The lowest BCUT2D eigenvalue weighted by Gasteiger charge is -2.24. The minimum atomic E-state index is -0.199. The van der Waals surface area contributed by atoms with Gasteiger partial charge in [-0.3, -0.25) is 9.59 Å². The Morgan fingerprint density at radius 3 is 2.39 bits per heavy atom. The lowest BCUT2D eigenvalue weighted by Crippen LogP contribution is -2.33. The second kappa shape index (κ2) is 8.48. The van der Waals surface area contributed by atoms with E-state index in [1.165, 1.54) is 0 Å². The van der Waals surface area contributed by atoms with Crippen molar-refractivity contribution in [1.29, 1.82) is 0 Å².